The molecule has 0 unspecified atom stereocenters. The van der Waals surface area contributed by atoms with Crippen molar-refractivity contribution in [3.63, 3.8) is 0 Å². The van der Waals surface area contributed by atoms with E-state index < -0.39 is 5.41 Å². The molecule has 4 heteroatoms. The van der Waals surface area contributed by atoms with E-state index in [4.69, 9.17) is 4.52 Å². The van der Waals surface area contributed by atoms with Crippen LogP contribution in [-0.4, -0.2) is 17.6 Å². The number of amides is 1. The molecule has 0 bridgehead atoms. The SMILES string of the molecule is CC(C)CNC(=O)C1(c2cc(-c3ccccc3)on2)CC1. The fraction of sp³-hybridized carbons (Fsp3) is 0.412. The minimum atomic E-state index is -0.467. The number of carbonyl (C=O) groups is 1. The second kappa shape index (κ2) is 5.35. The predicted molar refractivity (Wildman–Crippen MR) is 80.7 cm³/mol. The molecule has 1 saturated carbocycles. The van der Waals surface area contributed by atoms with Crippen LogP contribution in [-0.2, 0) is 10.2 Å². The van der Waals surface area contributed by atoms with Crippen molar-refractivity contribution in [2.75, 3.05) is 6.54 Å². The summed E-state index contributed by atoms with van der Waals surface area (Å²) in [7, 11) is 0. The topological polar surface area (TPSA) is 55.1 Å². The van der Waals surface area contributed by atoms with Gasteiger partial charge < -0.3 is 9.84 Å². The highest BCUT2D eigenvalue weighted by atomic mass is 16.5. The molecule has 1 aromatic heterocycles. The second-order valence-electron chi connectivity index (χ2n) is 6.13. The van der Waals surface area contributed by atoms with Crippen LogP contribution in [0.25, 0.3) is 11.3 Å². The molecule has 2 aromatic rings. The van der Waals surface area contributed by atoms with Gasteiger partial charge in [-0.2, -0.15) is 0 Å². The number of aromatic nitrogens is 1. The molecule has 1 aliphatic carbocycles. The molecule has 0 atom stereocenters. The zero-order valence-electron chi connectivity index (χ0n) is 12.4. The van der Waals surface area contributed by atoms with E-state index in [0.717, 1.165) is 24.1 Å². The maximum Gasteiger partial charge on any atom is 0.232 e. The third kappa shape index (κ3) is 2.71. The van der Waals surface area contributed by atoms with Gasteiger partial charge in [-0.05, 0) is 18.8 Å². The fourth-order valence-electron chi connectivity index (χ4n) is 2.43. The molecule has 0 saturated heterocycles. The normalized spacial score (nSPS) is 16.0. The molecule has 0 radical (unpaired) electrons. The van der Waals surface area contributed by atoms with Gasteiger partial charge in [0.05, 0.1) is 11.1 Å². The van der Waals surface area contributed by atoms with Crippen molar-refractivity contribution in [3.8, 4) is 11.3 Å². The molecule has 0 spiro atoms. The summed E-state index contributed by atoms with van der Waals surface area (Å²) in [5.41, 5.74) is 1.27. The molecule has 0 aliphatic heterocycles. The number of rotatable bonds is 5. The summed E-state index contributed by atoms with van der Waals surface area (Å²) >= 11 is 0. The Labute approximate surface area is 124 Å². The van der Waals surface area contributed by atoms with Gasteiger partial charge in [0.15, 0.2) is 5.76 Å². The quantitative estimate of drug-likeness (QED) is 0.917. The lowest BCUT2D eigenvalue weighted by molar-refractivity contribution is -0.123. The lowest BCUT2D eigenvalue weighted by atomic mass is 10.00. The van der Waals surface area contributed by atoms with Gasteiger partial charge in [0, 0.05) is 18.2 Å². The van der Waals surface area contributed by atoms with E-state index in [1.165, 1.54) is 0 Å². The van der Waals surface area contributed by atoms with Crippen LogP contribution in [0.3, 0.4) is 0 Å². The highest BCUT2D eigenvalue weighted by Crippen LogP contribution is 2.48. The van der Waals surface area contributed by atoms with Crippen LogP contribution in [0.15, 0.2) is 40.9 Å². The maximum absolute atomic E-state index is 12.4. The first-order valence-electron chi connectivity index (χ1n) is 7.43. The number of hydrogen-bond acceptors (Lipinski definition) is 3. The lowest BCUT2D eigenvalue weighted by Gasteiger charge is -2.13. The summed E-state index contributed by atoms with van der Waals surface area (Å²) in [6, 6.07) is 11.7. The number of nitrogens with one attached hydrogen (secondary N) is 1. The van der Waals surface area contributed by atoms with Crippen molar-refractivity contribution >= 4 is 5.91 Å². The van der Waals surface area contributed by atoms with Gasteiger partial charge in [-0.25, -0.2) is 0 Å². The van der Waals surface area contributed by atoms with Crippen LogP contribution >= 0.6 is 0 Å². The molecule has 1 N–H and O–H groups in total. The second-order valence-corrected chi connectivity index (χ2v) is 6.13. The van der Waals surface area contributed by atoms with Gasteiger partial charge in [0.25, 0.3) is 0 Å². The van der Waals surface area contributed by atoms with E-state index in [-0.39, 0.29) is 5.91 Å². The Bertz CT molecular complexity index is 627. The molecule has 1 aliphatic rings. The van der Waals surface area contributed by atoms with Gasteiger partial charge >= 0.3 is 0 Å². The van der Waals surface area contributed by atoms with Gasteiger partial charge in [-0.3, -0.25) is 4.79 Å². The van der Waals surface area contributed by atoms with E-state index in [2.05, 4.69) is 24.3 Å². The molecule has 1 amide bonds. The molecule has 3 rings (SSSR count). The Kier molecular flexibility index (Phi) is 3.53. The predicted octanol–water partition coefficient (Wildman–Crippen LogP) is 3.15. The zero-order valence-corrected chi connectivity index (χ0v) is 12.4. The molecule has 1 heterocycles. The van der Waals surface area contributed by atoms with Crippen LogP contribution in [0.5, 0.6) is 0 Å². The van der Waals surface area contributed by atoms with E-state index in [1.54, 1.807) is 0 Å². The first-order valence-corrected chi connectivity index (χ1v) is 7.43. The zero-order chi connectivity index (χ0) is 14.9. The largest absolute Gasteiger partial charge is 0.356 e. The minimum absolute atomic E-state index is 0.0733. The van der Waals surface area contributed by atoms with Crippen LogP contribution in [0.4, 0.5) is 0 Å². The van der Waals surface area contributed by atoms with Crippen LogP contribution in [0.1, 0.15) is 32.4 Å². The molecule has 4 nitrogen and oxygen atoms in total. The van der Waals surface area contributed by atoms with E-state index in [0.29, 0.717) is 18.2 Å². The Hall–Kier alpha value is -2.10. The minimum Gasteiger partial charge on any atom is -0.356 e. The lowest BCUT2D eigenvalue weighted by Crippen LogP contribution is -2.36. The van der Waals surface area contributed by atoms with Crippen molar-refractivity contribution in [2.24, 2.45) is 5.92 Å². The van der Waals surface area contributed by atoms with Crippen LogP contribution in [0.2, 0.25) is 0 Å². The third-order valence-corrected chi connectivity index (χ3v) is 3.91. The van der Waals surface area contributed by atoms with Gasteiger partial charge in [0.2, 0.25) is 5.91 Å². The van der Waals surface area contributed by atoms with E-state index in [9.17, 15) is 4.79 Å². The van der Waals surface area contributed by atoms with E-state index in [1.807, 2.05) is 36.4 Å². The Balaban J connectivity index is 1.78. The average Bonchev–Trinajstić information content (AvgIpc) is 3.16. The number of hydrogen-bond donors (Lipinski definition) is 1. The molecule has 21 heavy (non-hydrogen) atoms. The molecule has 110 valence electrons. The first kappa shape index (κ1) is 13.9. The summed E-state index contributed by atoms with van der Waals surface area (Å²) in [5.74, 6) is 1.24. The highest BCUT2D eigenvalue weighted by Gasteiger charge is 2.53. The van der Waals surface area contributed by atoms with Crippen LogP contribution < -0.4 is 5.32 Å². The first-order chi connectivity index (χ1) is 10.1. The highest BCUT2D eigenvalue weighted by molar-refractivity contribution is 5.91. The Morgan fingerprint density at radius 2 is 2.05 bits per heavy atom. The summed E-state index contributed by atoms with van der Waals surface area (Å²) < 4.78 is 5.42. The van der Waals surface area contributed by atoms with Crippen molar-refractivity contribution in [3.05, 3.63) is 42.1 Å². The maximum atomic E-state index is 12.4. The van der Waals surface area contributed by atoms with Crippen molar-refractivity contribution in [2.45, 2.75) is 32.1 Å². The summed E-state index contributed by atoms with van der Waals surface area (Å²) in [6.07, 6.45) is 1.69. The van der Waals surface area contributed by atoms with E-state index >= 15 is 0 Å². The van der Waals surface area contributed by atoms with Crippen molar-refractivity contribution < 1.29 is 9.32 Å². The monoisotopic (exact) mass is 284 g/mol. The average molecular weight is 284 g/mol. The van der Waals surface area contributed by atoms with Gasteiger partial charge in [-0.1, -0.05) is 49.3 Å². The number of carbonyl (C=O) groups excluding carboxylic acids is 1. The molecule has 1 fully saturated rings. The standard InChI is InChI=1S/C17H20N2O2/c1-12(2)11-18-16(20)17(8-9-17)15-10-14(21-19-15)13-6-4-3-5-7-13/h3-7,10,12H,8-9,11H2,1-2H3,(H,18,20). The number of nitrogens with zero attached hydrogens (tertiary/aromatic N) is 1. The van der Waals surface area contributed by atoms with Crippen LogP contribution in [0, 0.1) is 5.92 Å². The Morgan fingerprint density at radius 3 is 2.67 bits per heavy atom. The number of benzene rings is 1. The van der Waals surface area contributed by atoms with Crippen molar-refractivity contribution in [1.29, 1.82) is 0 Å². The summed E-state index contributed by atoms with van der Waals surface area (Å²) in [5, 5.41) is 7.15. The smallest absolute Gasteiger partial charge is 0.232 e. The Morgan fingerprint density at radius 1 is 1.33 bits per heavy atom. The summed E-state index contributed by atoms with van der Waals surface area (Å²) in [4.78, 5) is 12.4. The van der Waals surface area contributed by atoms with Crippen molar-refractivity contribution in [1.82, 2.24) is 10.5 Å². The van der Waals surface area contributed by atoms with Gasteiger partial charge in [-0.15, -0.1) is 0 Å². The molecular weight excluding hydrogens is 264 g/mol. The molecule has 1 aromatic carbocycles. The molecular formula is C17H20N2O2. The fourth-order valence-corrected chi connectivity index (χ4v) is 2.43. The summed E-state index contributed by atoms with van der Waals surface area (Å²) in [6.45, 7) is 4.87. The third-order valence-electron chi connectivity index (χ3n) is 3.91. The van der Waals surface area contributed by atoms with Gasteiger partial charge in [0.1, 0.15) is 0 Å².